The Morgan fingerprint density at radius 1 is 1.16 bits per heavy atom. The van der Waals surface area contributed by atoms with Crippen molar-refractivity contribution >= 4 is 0 Å². The Balaban J connectivity index is 1.69. The summed E-state index contributed by atoms with van der Waals surface area (Å²) in [4.78, 5) is 9.42. The summed E-state index contributed by atoms with van der Waals surface area (Å²) < 4.78 is 5.43. The van der Waals surface area contributed by atoms with Gasteiger partial charge in [-0.2, -0.15) is 0 Å². The van der Waals surface area contributed by atoms with Gasteiger partial charge in [0.2, 0.25) is 0 Å². The van der Waals surface area contributed by atoms with Crippen molar-refractivity contribution in [1.82, 2.24) is 15.3 Å². The first-order valence-corrected chi connectivity index (χ1v) is 7.39. The molecule has 1 aromatic rings. The minimum absolute atomic E-state index is 0.399. The molecule has 0 aromatic carbocycles. The highest BCUT2D eigenvalue weighted by atomic mass is 16.5. The van der Waals surface area contributed by atoms with Gasteiger partial charge in [0.05, 0.1) is 6.61 Å². The first-order valence-electron chi connectivity index (χ1n) is 7.39. The van der Waals surface area contributed by atoms with Gasteiger partial charge in [-0.25, -0.2) is 9.97 Å². The van der Waals surface area contributed by atoms with Crippen molar-refractivity contribution in [3.8, 4) is 0 Å². The topological polar surface area (TPSA) is 47.0 Å². The summed E-state index contributed by atoms with van der Waals surface area (Å²) in [5, 5.41) is 3.55. The van der Waals surface area contributed by atoms with Crippen LogP contribution in [0.4, 0.5) is 0 Å². The Morgan fingerprint density at radius 2 is 1.89 bits per heavy atom. The van der Waals surface area contributed by atoms with Crippen LogP contribution >= 0.6 is 0 Å². The van der Waals surface area contributed by atoms with E-state index in [2.05, 4.69) is 19.2 Å². The number of hydrogen-bond acceptors (Lipinski definition) is 4. The van der Waals surface area contributed by atoms with Crippen LogP contribution in [0.25, 0.3) is 0 Å². The van der Waals surface area contributed by atoms with Crippen molar-refractivity contribution in [1.29, 1.82) is 0 Å². The van der Waals surface area contributed by atoms with E-state index in [0.717, 1.165) is 55.9 Å². The first kappa shape index (κ1) is 13.0. The summed E-state index contributed by atoms with van der Waals surface area (Å²) >= 11 is 0. The molecule has 4 heteroatoms. The second-order valence-electron chi connectivity index (χ2n) is 5.77. The zero-order valence-corrected chi connectivity index (χ0v) is 11.9. The summed E-state index contributed by atoms with van der Waals surface area (Å²) in [5.74, 6) is 1.38. The van der Waals surface area contributed by atoms with Crippen molar-refractivity contribution < 1.29 is 4.74 Å². The summed E-state index contributed by atoms with van der Waals surface area (Å²) in [6.07, 6.45) is 4.78. The molecular weight excluding hydrogens is 238 g/mol. The van der Waals surface area contributed by atoms with Crippen LogP contribution in [0, 0.1) is 13.8 Å². The minimum atomic E-state index is 0.399. The average Bonchev–Trinajstić information content (AvgIpc) is 3.04. The molecule has 1 atom stereocenters. The van der Waals surface area contributed by atoms with Crippen molar-refractivity contribution in [2.24, 2.45) is 0 Å². The molecule has 4 nitrogen and oxygen atoms in total. The lowest BCUT2D eigenvalue weighted by atomic mass is 10.1. The lowest BCUT2D eigenvalue weighted by Crippen LogP contribution is -2.21. The van der Waals surface area contributed by atoms with Gasteiger partial charge in [0.25, 0.3) is 0 Å². The maximum absolute atomic E-state index is 5.43. The maximum atomic E-state index is 5.43. The summed E-state index contributed by atoms with van der Waals surface area (Å²) in [6.45, 7) is 6.89. The van der Waals surface area contributed by atoms with E-state index in [9.17, 15) is 0 Å². The Hall–Kier alpha value is -1.00. The number of nitrogens with zero attached hydrogens (tertiary/aromatic N) is 2. The van der Waals surface area contributed by atoms with Crippen LogP contribution in [0.5, 0.6) is 0 Å². The highest BCUT2D eigenvalue weighted by Gasteiger charge is 2.23. The summed E-state index contributed by atoms with van der Waals surface area (Å²) in [5.41, 5.74) is 3.61. The molecule has 3 rings (SSSR count). The van der Waals surface area contributed by atoms with Gasteiger partial charge in [0.1, 0.15) is 5.82 Å². The first-order chi connectivity index (χ1) is 9.24. The number of rotatable bonds is 5. The largest absolute Gasteiger partial charge is 0.381 e. The van der Waals surface area contributed by atoms with Crippen molar-refractivity contribution in [3.63, 3.8) is 0 Å². The van der Waals surface area contributed by atoms with E-state index in [1.807, 2.05) is 0 Å². The van der Waals surface area contributed by atoms with Gasteiger partial charge in [0.15, 0.2) is 0 Å². The molecule has 0 bridgehead atoms. The van der Waals surface area contributed by atoms with Crippen molar-refractivity contribution in [2.45, 2.75) is 51.5 Å². The van der Waals surface area contributed by atoms with Crippen LogP contribution in [-0.2, 0) is 11.2 Å². The molecule has 2 fully saturated rings. The molecule has 104 valence electrons. The number of aromatic nitrogens is 2. The van der Waals surface area contributed by atoms with Gasteiger partial charge in [0, 0.05) is 30.0 Å². The van der Waals surface area contributed by atoms with Crippen LogP contribution in [0.15, 0.2) is 0 Å². The van der Waals surface area contributed by atoms with Crippen LogP contribution in [0.1, 0.15) is 48.0 Å². The van der Waals surface area contributed by atoms with Crippen LogP contribution in [0.2, 0.25) is 0 Å². The third-order valence-electron chi connectivity index (χ3n) is 4.12. The molecule has 1 aliphatic carbocycles. The standard InChI is InChI=1S/C15H23N3O/c1-10-14(5-7-16-13-3-4-13)11(2)18-15(17-10)12-6-8-19-9-12/h12-13,16H,3-9H2,1-2H3. The smallest absolute Gasteiger partial charge is 0.134 e. The van der Waals surface area contributed by atoms with Crippen LogP contribution in [-0.4, -0.2) is 35.8 Å². The zero-order valence-electron chi connectivity index (χ0n) is 11.9. The van der Waals surface area contributed by atoms with Gasteiger partial charge in [-0.1, -0.05) is 0 Å². The van der Waals surface area contributed by atoms with Gasteiger partial charge < -0.3 is 10.1 Å². The fourth-order valence-electron chi connectivity index (χ4n) is 2.74. The highest BCUT2D eigenvalue weighted by molar-refractivity contribution is 5.25. The Bertz CT molecular complexity index is 428. The van der Waals surface area contributed by atoms with Gasteiger partial charge in [-0.3, -0.25) is 0 Å². The lowest BCUT2D eigenvalue weighted by molar-refractivity contribution is 0.193. The third-order valence-corrected chi connectivity index (χ3v) is 4.12. The monoisotopic (exact) mass is 261 g/mol. The van der Waals surface area contributed by atoms with E-state index in [4.69, 9.17) is 14.7 Å². The van der Waals surface area contributed by atoms with Crippen LogP contribution in [0.3, 0.4) is 0 Å². The van der Waals surface area contributed by atoms with E-state index in [1.54, 1.807) is 0 Å². The van der Waals surface area contributed by atoms with Crippen molar-refractivity contribution in [2.75, 3.05) is 19.8 Å². The SMILES string of the molecule is Cc1nc(C2CCOC2)nc(C)c1CCNC1CC1. The Morgan fingerprint density at radius 3 is 2.47 bits per heavy atom. The molecule has 0 radical (unpaired) electrons. The summed E-state index contributed by atoms with van der Waals surface area (Å²) in [7, 11) is 0. The number of hydrogen-bond donors (Lipinski definition) is 1. The molecule has 0 spiro atoms. The van der Waals surface area contributed by atoms with E-state index in [-0.39, 0.29) is 0 Å². The Labute approximate surface area is 115 Å². The van der Waals surface area contributed by atoms with Crippen molar-refractivity contribution in [3.05, 3.63) is 22.8 Å². The second-order valence-corrected chi connectivity index (χ2v) is 5.77. The van der Waals surface area contributed by atoms with Gasteiger partial charge >= 0.3 is 0 Å². The predicted molar refractivity (Wildman–Crippen MR) is 74.4 cm³/mol. The molecule has 1 aliphatic heterocycles. The highest BCUT2D eigenvalue weighted by Crippen LogP contribution is 2.24. The zero-order chi connectivity index (χ0) is 13.2. The Kier molecular flexibility index (Phi) is 3.80. The lowest BCUT2D eigenvalue weighted by Gasteiger charge is -2.13. The summed E-state index contributed by atoms with van der Waals surface area (Å²) in [6, 6.07) is 0.774. The van der Waals surface area contributed by atoms with Crippen LogP contribution < -0.4 is 5.32 Å². The van der Waals surface area contributed by atoms with E-state index >= 15 is 0 Å². The third kappa shape index (κ3) is 3.12. The molecule has 0 amide bonds. The average molecular weight is 261 g/mol. The molecule has 1 saturated heterocycles. The molecule has 1 saturated carbocycles. The number of aryl methyl sites for hydroxylation is 2. The predicted octanol–water partition coefficient (Wildman–Crippen LogP) is 1.89. The normalized spacial score (nSPS) is 22.9. The van der Waals surface area contributed by atoms with E-state index in [0.29, 0.717) is 5.92 Å². The maximum Gasteiger partial charge on any atom is 0.134 e. The molecular formula is C15H23N3O. The van der Waals surface area contributed by atoms with Gasteiger partial charge in [-0.05, 0) is 51.6 Å². The fraction of sp³-hybridized carbons (Fsp3) is 0.733. The quantitative estimate of drug-likeness (QED) is 0.879. The fourth-order valence-corrected chi connectivity index (χ4v) is 2.74. The van der Waals surface area contributed by atoms with E-state index < -0.39 is 0 Å². The number of ether oxygens (including phenoxy) is 1. The molecule has 1 unspecified atom stereocenters. The van der Waals surface area contributed by atoms with E-state index in [1.165, 1.54) is 18.4 Å². The molecule has 1 N–H and O–H groups in total. The number of nitrogens with one attached hydrogen (secondary N) is 1. The molecule has 2 aliphatic rings. The minimum Gasteiger partial charge on any atom is -0.381 e. The molecule has 19 heavy (non-hydrogen) atoms. The van der Waals surface area contributed by atoms with Gasteiger partial charge in [-0.15, -0.1) is 0 Å². The second kappa shape index (κ2) is 5.55. The molecule has 2 heterocycles. The molecule has 1 aromatic heterocycles.